The average Bonchev–Trinajstić information content (AvgIpc) is 3.44. The molecule has 0 unspecified atom stereocenters. The van der Waals surface area contributed by atoms with Crippen LogP contribution in [0.15, 0.2) is 72.8 Å². The Bertz CT molecular complexity index is 1260. The Balaban J connectivity index is 1.53. The number of imide groups is 1. The summed E-state index contributed by atoms with van der Waals surface area (Å²) in [6.45, 7) is 5.03. The molecule has 0 aromatic heterocycles. The summed E-state index contributed by atoms with van der Waals surface area (Å²) in [5.74, 6) is 0.409. The van der Waals surface area contributed by atoms with Crippen molar-refractivity contribution in [1.29, 1.82) is 0 Å². The fourth-order valence-electron chi connectivity index (χ4n) is 4.86. The Morgan fingerprint density at radius 1 is 0.838 bits per heavy atom. The smallest absolute Gasteiger partial charge is 0.266 e. The zero-order valence-electron chi connectivity index (χ0n) is 21.1. The minimum atomic E-state index is -0.953. The number of hydrogen-bond acceptors (Lipinski definition) is 7. The van der Waals surface area contributed by atoms with Crippen molar-refractivity contribution in [2.24, 2.45) is 5.92 Å². The second-order valence-electron chi connectivity index (χ2n) is 8.86. The molecule has 2 fully saturated rings. The van der Waals surface area contributed by atoms with E-state index in [1.165, 1.54) is 4.90 Å². The molecule has 8 nitrogen and oxygen atoms in total. The topological polar surface area (TPSA) is 77.5 Å². The van der Waals surface area contributed by atoms with Crippen LogP contribution in [0.25, 0.3) is 0 Å². The fraction of sp³-hybridized carbons (Fsp3) is 0.310. The van der Waals surface area contributed by atoms with Crippen molar-refractivity contribution >= 4 is 23.2 Å². The van der Waals surface area contributed by atoms with Gasteiger partial charge in [0.25, 0.3) is 5.91 Å². The van der Waals surface area contributed by atoms with E-state index in [4.69, 9.17) is 19.0 Å². The number of carbonyl (C=O) groups excluding carboxylic acids is 2. The molecule has 0 aliphatic carbocycles. The van der Waals surface area contributed by atoms with Crippen LogP contribution in [-0.2, 0) is 14.4 Å². The number of fused-ring (bicyclic) bond motifs is 1. The zero-order valence-corrected chi connectivity index (χ0v) is 21.1. The number of benzene rings is 3. The van der Waals surface area contributed by atoms with Crippen molar-refractivity contribution in [1.82, 2.24) is 0 Å². The molecule has 0 radical (unpaired) electrons. The quantitative estimate of drug-likeness (QED) is 0.384. The highest BCUT2D eigenvalue weighted by molar-refractivity contribution is 6.23. The molecule has 3 aromatic rings. The van der Waals surface area contributed by atoms with Gasteiger partial charge in [0.15, 0.2) is 17.6 Å². The van der Waals surface area contributed by atoms with Crippen LogP contribution in [-0.4, -0.2) is 38.2 Å². The van der Waals surface area contributed by atoms with Crippen LogP contribution in [0.1, 0.15) is 31.9 Å². The Hall–Kier alpha value is -4.04. The van der Waals surface area contributed by atoms with Gasteiger partial charge in [-0.05, 0) is 67.4 Å². The zero-order chi connectivity index (χ0) is 25.9. The van der Waals surface area contributed by atoms with Gasteiger partial charge in [0.2, 0.25) is 5.91 Å². The molecule has 2 aliphatic heterocycles. The number of anilines is 2. The van der Waals surface area contributed by atoms with Crippen LogP contribution in [0.2, 0.25) is 0 Å². The van der Waals surface area contributed by atoms with E-state index in [1.54, 1.807) is 36.4 Å². The number of hydroxylamine groups is 1. The van der Waals surface area contributed by atoms with Gasteiger partial charge in [0, 0.05) is 0 Å². The second kappa shape index (κ2) is 10.5. The third kappa shape index (κ3) is 4.49. The highest BCUT2D eigenvalue weighted by Gasteiger charge is 2.60. The summed E-state index contributed by atoms with van der Waals surface area (Å²) < 4.78 is 16.9. The fourth-order valence-corrected chi connectivity index (χ4v) is 4.86. The van der Waals surface area contributed by atoms with E-state index in [2.05, 4.69) is 0 Å². The Labute approximate surface area is 216 Å². The maximum atomic E-state index is 13.8. The van der Waals surface area contributed by atoms with Crippen molar-refractivity contribution in [2.75, 3.05) is 30.3 Å². The number of methoxy groups -OCH3 is 1. The van der Waals surface area contributed by atoms with Crippen LogP contribution in [0.5, 0.6) is 17.2 Å². The standard InChI is InChI=1S/C29H30N2O6/c1-4-17-36-23-16-11-19(18-24(23)34-3)26-25-27(37-31(26)21-9-7-6-8-10-21)29(33)30(28(25)32)20-12-14-22(15-13-20)35-5-2/h6-16,18,25-27H,4-5,17H2,1-3H3/t25-,26-,27-/m1/s1. The van der Waals surface area contributed by atoms with Gasteiger partial charge in [0.05, 0.1) is 37.7 Å². The van der Waals surface area contributed by atoms with Crippen LogP contribution < -0.4 is 24.2 Å². The number of amides is 2. The minimum Gasteiger partial charge on any atom is -0.494 e. The summed E-state index contributed by atoms with van der Waals surface area (Å²) in [7, 11) is 1.58. The van der Waals surface area contributed by atoms with E-state index in [-0.39, 0.29) is 5.91 Å². The number of hydrogen-bond donors (Lipinski definition) is 0. The number of para-hydroxylation sites is 1. The first kappa shape index (κ1) is 24.6. The molecule has 37 heavy (non-hydrogen) atoms. The first-order valence-electron chi connectivity index (χ1n) is 12.5. The van der Waals surface area contributed by atoms with Gasteiger partial charge in [-0.15, -0.1) is 0 Å². The molecule has 2 aliphatic rings. The van der Waals surface area contributed by atoms with E-state index >= 15 is 0 Å². The van der Waals surface area contributed by atoms with Crippen molar-refractivity contribution in [2.45, 2.75) is 32.4 Å². The van der Waals surface area contributed by atoms with Gasteiger partial charge >= 0.3 is 0 Å². The van der Waals surface area contributed by atoms with Crippen molar-refractivity contribution in [3.8, 4) is 17.2 Å². The highest BCUT2D eigenvalue weighted by Crippen LogP contribution is 2.48. The molecular formula is C29H30N2O6. The number of rotatable bonds is 9. The SMILES string of the molecule is CCCOc1ccc([C@@H]2[C@H]3C(=O)N(c4ccc(OCC)cc4)C(=O)[C@@H]3ON2c2ccccc2)cc1OC. The molecule has 2 heterocycles. The van der Waals surface area contributed by atoms with Crippen molar-refractivity contribution in [3.63, 3.8) is 0 Å². The molecule has 0 spiro atoms. The molecule has 0 saturated carbocycles. The van der Waals surface area contributed by atoms with Gasteiger partial charge in [-0.2, -0.15) is 0 Å². The van der Waals surface area contributed by atoms with Crippen LogP contribution in [0, 0.1) is 5.92 Å². The predicted molar refractivity (Wildman–Crippen MR) is 139 cm³/mol. The molecule has 2 amide bonds. The van der Waals surface area contributed by atoms with Crippen LogP contribution in [0.4, 0.5) is 11.4 Å². The first-order chi connectivity index (χ1) is 18.1. The summed E-state index contributed by atoms with van der Waals surface area (Å²) in [6, 6.07) is 21.5. The molecule has 3 atom stereocenters. The molecule has 2 saturated heterocycles. The Morgan fingerprint density at radius 3 is 2.27 bits per heavy atom. The third-order valence-electron chi connectivity index (χ3n) is 6.52. The van der Waals surface area contributed by atoms with E-state index in [0.717, 1.165) is 17.7 Å². The minimum absolute atomic E-state index is 0.312. The lowest BCUT2D eigenvalue weighted by atomic mass is 9.90. The van der Waals surface area contributed by atoms with Gasteiger partial charge < -0.3 is 14.2 Å². The summed E-state index contributed by atoms with van der Waals surface area (Å²) in [5.41, 5.74) is 2.02. The molecule has 3 aromatic carbocycles. The van der Waals surface area contributed by atoms with Gasteiger partial charge in [-0.25, -0.2) is 9.96 Å². The van der Waals surface area contributed by atoms with Gasteiger partial charge in [-0.1, -0.05) is 31.2 Å². The number of ether oxygens (including phenoxy) is 3. The monoisotopic (exact) mass is 502 g/mol. The summed E-state index contributed by atoms with van der Waals surface area (Å²) in [6.07, 6.45) is -0.0865. The molecule has 192 valence electrons. The molecule has 0 N–H and O–H groups in total. The largest absolute Gasteiger partial charge is 0.494 e. The molecule has 5 rings (SSSR count). The second-order valence-corrected chi connectivity index (χ2v) is 8.86. The maximum Gasteiger partial charge on any atom is 0.266 e. The first-order valence-corrected chi connectivity index (χ1v) is 12.5. The van der Waals surface area contributed by atoms with E-state index < -0.39 is 24.0 Å². The maximum absolute atomic E-state index is 13.8. The molecule has 0 bridgehead atoms. The van der Waals surface area contributed by atoms with Crippen molar-refractivity contribution in [3.05, 3.63) is 78.4 Å². The lowest BCUT2D eigenvalue weighted by molar-refractivity contribution is -0.126. The summed E-state index contributed by atoms with van der Waals surface area (Å²) in [5, 5.41) is 1.67. The van der Waals surface area contributed by atoms with Gasteiger partial charge in [0.1, 0.15) is 11.7 Å². The lowest BCUT2D eigenvalue weighted by Crippen LogP contribution is -2.37. The number of nitrogens with zero attached hydrogens (tertiary/aromatic N) is 2. The number of carbonyl (C=O) groups is 2. The normalized spacial score (nSPS) is 20.8. The highest BCUT2D eigenvalue weighted by atomic mass is 16.7. The Kier molecular flexibility index (Phi) is 7.01. The molecular weight excluding hydrogens is 472 g/mol. The van der Waals surface area contributed by atoms with E-state index in [0.29, 0.717) is 36.1 Å². The summed E-state index contributed by atoms with van der Waals surface area (Å²) >= 11 is 0. The molecule has 8 heteroatoms. The average molecular weight is 503 g/mol. The van der Waals surface area contributed by atoms with E-state index in [1.807, 2.05) is 62.4 Å². The van der Waals surface area contributed by atoms with Gasteiger partial charge in [-0.3, -0.25) is 14.4 Å². The van der Waals surface area contributed by atoms with Crippen molar-refractivity contribution < 1.29 is 28.6 Å². The predicted octanol–water partition coefficient (Wildman–Crippen LogP) is 4.93. The van der Waals surface area contributed by atoms with E-state index in [9.17, 15) is 9.59 Å². The summed E-state index contributed by atoms with van der Waals surface area (Å²) in [4.78, 5) is 34.8. The lowest BCUT2D eigenvalue weighted by Gasteiger charge is -2.29. The van der Waals surface area contributed by atoms with Crippen LogP contribution in [0.3, 0.4) is 0 Å². The third-order valence-corrected chi connectivity index (χ3v) is 6.52. The van der Waals surface area contributed by atoms with Crippen LogP contribution >= 0.6 is 0 Å². The Morgan fingerprint density at radius 2 is 1.59 bits per heavy atom.